The monoisotopic (exact) mass is 271 g/mol. The fraction of sp³-hybridized carbons (Fsp3) is 0.933. The van der Waals surface area contributed by atoms with E-state index in [9.17, 15) is 4.79 Å². The molecule has 104 valence electrons. The Morgan fingerprint density at radius 1 is 1.11 bits per heavy atom. The molecule has 0 aromatic rings. The minimum atomic E-state index is -0.124. The SMILES string of the molecule is CN(C(=O)C1(C)CCCCC1)C1CCCCC1Cl. The number of rotatable bonds is 2. The highest BCUT2D eigenvalue weighted by Crippen LogP contribution is 2.39. The topological polar surface area (TPSA) is 20.3 Å². The summed E-state index contributed by atoms with van der Waals surface area (Å²) in [7, 11) is 1.97. The molecule has 2 aliphatic carbocycles. The first-order chi connectivity index (χ1) is 8.54. The van der Waals surface area contributed by atoms with Gasteiger partial charge in [0.1, 0.15) is 0 Å². The molecule has 18 heavy (non-hydrogen) atoms. The van der Waals surface area contributed by atoms with E-state index in [0.29, 0.717) is 5.91 Å². The normalized spacial score (nSPS) is 31.9. The van der Waals surface area contributed by atoms with E-state index >= 15 is 0 Å². The summed E-state index contributed by atoms with van der Waals surface area (Å²) in [5.74, 6) is 0.333. The van der Waals surface area contributed by atoms with Crippen molar-refractivity contribution in [3.05, 3.63) is 0 Å². The number of hydrogen-bond acceptors (Lipinski definition) is 1. The summed E-state index contributed by atoms with van der Waals surface area (Å²) >= 11 is 6.41. The summed E-state index contributed by atoms with van der Waals surface area (Å²) in [5.41, 5.74) is -0.124. The van der Waals surface area contributed by atoms with Gasteiger partial charge in [-0.05, 0) is 25.7 Å². The third kappa shape index (κ3) is 2.84. The molecule has 3 heteroatoms. The van der Waals surface area contributed by atoms with Crippen molar-refractivity contribution in [1.29, 1.82) is 0 Å². The van der Waals surface area contributed by atoms with Crippen molar-refractivity contribution >= 4 is 17.5 Å². The molecule has 0 N–H and O–H groups in total. The summed E-state index contributed by atoms with van der Waals surface area (Å²) in [5, 5.41) is 0.153. The van der Waals surface area contributed by atoms with Gasteiger partial charge in [-0.2, -0.15) is 0 Å². The predicted molar refractivity (Wildman–Crippen MR) is 75.9 cm³/mol. The van der Waals surface area contributed by atoms with Crippen LogP contribution in [0.1, 0.15) is 64.7 Å². The quantitative estimate of drug-likeness (QED) is 0.696. The molecule has 2 aliphatic rings. The lowest BCUT2D eigenvalue weighted by Gasteiger charge is -2.41. The van der Waals surface area contributed by atoms with Crippen LogP contribution < -0.4 is 0 Å². The van der Waals surface area contributed by atoms with Crippen LogP contribution in [0.3, 0.4) is 0 Å². The van der Waals surface area contributed by atoms with Crippen LogP contribution in [-0.4, -0.2) is 29.3 Å². The van der Waals surface area contributed by atoms with Gasteiger partial charge in [-0.15, -0.1) is 11.6 Å². The largest absolute Gasteiger partial charge is 0.341 e. The van der Waals surface area contributed by atoms with Crippen molar-refractivity contribution in [2.24, 2.45) is 5.41 Å². The summed E-state index contributed by atoms with van der Waals surface area (Å²) in [6.07, 6.45) is 10.3. The molecular formula is C15H26ClNO. The van der Waals surface area contributed by atoms with Gasteiger partial charge in [-0.25, -0.2) is 0 Å². The van der Waals surface area contributed by atoms with E-state index in [2.05, 4.69) is 6.92 Å². The van der Waals surface area contributed by atoms with Crippen molar-refractivity contribution in [2.75, 3.05) is 7.05 Å². The predicted octanol–water partition coefficient (Wildman–Crippen LogP) is 3.97. The maximum atomic E-state index is 12.7. The minimum Gasteiger partial charge on any atom is -0.341 e. The third-order valence-corrected chi connectivity index (χ3v) is 5.45. The summed E-state index contributed by atoms with van der Waals surface area (Å²) in [6, 6.07) is 0.256. The highest BCUT2D eigenvalue weighted by Gasteiger charge is 2.40. The molecule has 0 aromatic heterocycles. The maximum absolute atomic E-state index is 12.7. The Labute approximate surface area is 116 Å². The molecule has 2 nitrogen and oxygen atoms in total. The van der Waals surface area contributed by atoms with E-state index in [1.165, 1.54) is 32.1 Å². The van der Waals surface area contributed by atoms with E-state index in [1.807, 2.05) is 11.9 Å². The van der Waals surface area contributed by atoms with Crippen molar-refractivity contribution in [2.45, 2.75) is 76.1 Å². The van der Waals surface area contributed by atoms with E-state index in [4.69, 9.17) is 11.6 Å². The Balaban J connectivity index is 2.02. The van der Waals surface area contributed by atoms with Crippen LogP contribution in [0.4, 0.5) is 0 Å². The Bertz CT molecular complexity index is 299. The van der Waals surface area contributed by atoms with Crippen LogP contribution in [0, 0.1) is 5.41 Å². The molecule has 0 aromatic carbocycles. The first kappa shape index (κ1) is 14.2. The highest BCUT2D eigenvalue weighted by atomic mass is 35.5. The first-order valence-corrected chi connectivity index (χ1v) is 7.89. The Morgan fingerprint density at radius 3 is 2.33 bits per heavy atom. The molecule has 0 bridgehead atoms. The number of carbonyl (C=O) groups excluding carboxylic acids is 1. The van der Waals surface area contributed by atoms with Gasteiger partial charge in [-0.1, -0.05) is 39.0 Å². The van der Waals surface area contributed by atoms with Gasteiger partial charge in [0, 0.05) is 18.5 Å². The Morgan fingerprint density at radius 2 is 1.72 bits per heavy atom. The molecule has 2 atom stereocenters. The molecule has 0 heterocycles. The molecule has 0 saturated heterocycles. The van der Waals surface area contributed by atoms with Crippen molar-refractivity contribution < 1.29 is 4.79 Å². The fourth-order valence-electron chi connectivity index (χ4n) is 3.62. The van der Waals surface area contributed by atoms with Crippen LogP contribution in [0.25, 0.3) is 0 Å². The smallest absolute Gasteiger partial charge is 0.228 e. The van der Waals surface area contributed by atoms with E-state index in [0.717, 1.165) is 25.7 Å². The molecule has 0 aliphatic heterocycles. The second-order valence-corrected chi connectivity index (χ2v) is 6.97. The number of halogens is 1. The number of hydrogen-bond donors (Lipinski definition) is 0. The lowest BCUT2D eigenvalue weighted by atomic mass is 9.74. The number of amides is 1. The van der Waals surface area contributed by atoms with Gasteiger partial charge in [0.05, 0.1) is 5.38 Å². The lowest BCUT2D eigenvalue weighted by molar-refractivity contribution is -0.144. The zero-order chi connectivity index (χ0) is 13.2. The molecule has 2 unspecified atom stereocenters. The summed E-state index contributed by atoms with van der Waals surface area (Å²) in [6.45, 7) is 2.15. The van der Waals surface area contributed by atoms with Crippen molar-refractivity contribution in [3.63, 3.8) is 0 Å². The molecular weight excluding hydrogens is 246 g/mol. The van der Waals surface area contributed by atoms with Gasteiger partial charge in [-0.3, -0.25) is 4.79 Å². The number of nitrogens with zero attached hydrogens (tertiary/aromatic N) is 1. The molecule has 0 spiro atoms. The standard InChI is InChI=1S/C15H26ClNO/c1-15(10-6-3-7-11-15)14(18)17(2)13-9-5-4-8-12(13)16/h12-13H,3-11H2,1-2H3. The van der Waals surface area contributed by atoms with Crippen LogP contribution >= 0.6 is 11.6 Å². The second-order valence-electron chi connectivity index (χ2n) is 6.41. The van der Waals surface area contributed by atoms with Gasteiger partial charge in [0.25, 0.3) is 0 Å². The maximum Gasteiger partial charge on any atom is 0.228 e. The molecule has 2 saturated carbocycles. The molecule has 2 fully saturated rings. The van der Waals surface area contributed by atoms with Gasteiger partial charge in [0.15, 0.2) is 0 Å². The Hall–Kier alpha value is -0.240. The van der Waals surface area contributed by atoms with E-state index in [1.54, 1.807) is 0 Å². The number of alkyl halides is 1. The zero-order valence-electron chi connectivity index (χ0n) is 11.8. The highest BCUT2D eigenvalue weighted by molar-refractivity contribution is 6.21. The van der Waals surface area contributed by atoms with Gasteiger partial charge < -0.3 is 4.90 Å². The van der Waals surface area contributed by atoms with Gasteiger partial charge in [0.2, 0.25) is 5.91 Å². The van der Waals surface area contributed by atoms with Crippen molar-refractivity contribution in [3.8, 4) is 0 Å². The van der Waals surface area contributed by atoms with Gasteiger partial charge >= 0.3 is 0 Å². The average molecular weight is 272 g/mol. The van der Waals surface area contributed by atoms with Crippen molar-refractivity contribution in [1.82, 2.24) is 4.90 Å². The first-order valence-electron chi connectivity index (χ1n) is 7.46. The Kier molecular flexibility index (Phi) is 4.58. The summed E-state index contributed by atoms with van der Waals surface area (Å²) < 4.78 is 0. The zero-order valence-corrected chi connectivity index (χ0v) is 12.5. The van der Waals surface area contributed by atoms with Crippen LogP contribution in [-0.2, 0) is 4.79 Å². The van der Waals surface area contributed by atoms with Crippen LogP contribution in [0.15, 0.2) is 0 Å². The molecule has 1 amide bonds. The third-order valence-electron chi connectivity index (χ3n) is 4.94. The van der Waals surface area contributed by atoms with E-state index in [-0.39, 0.29) is 16.8 Å². The minimum absolute atomic E-state index is 0.124. The second kappa shape index (κ2) is 5.81. The molecule has 2 rings (SSSR count). The van der Waals surface area contributed by atoms with Crippen LogP contribution in [0.2, 0.25) is 0 Å². The summed E-state index contributed by atoms with van der Waals surface area (Å²) in [4.78, 5) is 14.7. The fourth-order valence-corrected chi connectivity index (χ4v) is 4.07. The molecule has 0 radical (unpaired) electrons. The average Bonchev–Trinajstić information content (AvgIpc) is 2.38. The van der Waals surface area contributed by atoms with Crippen LogP contribution in [0.5, 0.6) is 0 Å². The van der Waals surface area contributed by atoms with E-state index < -0.39 is 0 Å². The lowest BCUT2D eigenvalue weighted by Crippen LogP contribution is -2.50. The number of carbonyl (C=O) groups is 1.